The Morgan fingerprint density at radius 1 is 0.806 bits per heavy atom. The number of nitrogens with zero attached hydrogens (tertiary/aromatic N) is 4. The average Bonchev–Trinajstić information content (AvgIpc) is 3.25. The molecule has 0 spiro atoms. The van der Waals surface area contributed by atoms with E-state index in [2.05, 4.69) is 72.7 Å². The molecule has 2 rings (SSSR count). The van der Waals surface area contributed by atoms with Crippen LogP contribution in [0.4, 0.5) is 0 Å². The van der Waals surface area contributed by atoms with Crippen molar-refractivity contribution >= 4 is 59.4 Å². The summed E-state index contributed by atoms with van der Waals surface area (Å²) >= 11 is 5.42. The van der Waals surface area contributed by atoms with E-state index in [1.807, 2.05) is 13.8 Å². The van der Waals surface area contributed by atoms with Gasteiger partial charge in [-0.1, -0.05) is 0 Å². The van der Waals surface area contributed by atoms with Gasteiger partial charge in [-0.05, 0) is 0 Å². The van der Waals surface area contributed by atoms with Crippen LogP contribution in [0.1, 0.15) is 39.5 Å². The van der Waals surface area contributed by atoms with Gasteiger partial charge < -0.3 is 0 Å². The molecule has 0 aromatic carbocycles. The van der Waals surface area contributed by atoms with Gasteiger partial charge in [-0.2, -0.15) is 0 Å². The molecule has 0 bridgehead atoms. The molecule has 0 N–H and O–H groups in total. The SMILES string of the molecule is CCOC(=O)CCCN1CCN(C)[C]1=[Pd]([I])([I])=[C]1N(C)CCN1CCCC(=O)OCC. The Bertz CT molecular complexity index is 704. The first-order valence-corrected chi connectivity index (χ1v) is 21.6. The number of hydrogen-bond donors (Lipinski definition) is 0. The van der Waals surface area contributed by atoms with Crippen LogP contribution in [-0.4, -0.2) is 107 Å². The van der Waals surface area contributed by atoms with Crippen LogP contribution < -0.4 is 0 Å². The molecule has 2 heterocycles. The van der Waals surface area contributed by atoms with Crippen LogP contribution in [0.5, 0.6) is 0 Å². The fourth-order valence-corrected chi connectivity index (χ4v) is 19.0. The number of esters is 2. The van der Waals surface area contributed by atoms with Crippen molar-refractivity contribution in [2.75, 3.05) is 66.6 Å². The fourth-order valence-electron chi connectivity index (χ4n) is 3.67. The summed E-state index contributed by atoms with van der Waals surface area (Å²) in [5.41, 5.74) is 0. The summed E-state index contributed by atoms with van der Waals surface area (Å²) in [5.74, 6) is -0.217. The van der Waals surface area contributed by atoms with Gasteiger partial charge in [-0.3, -0.25) is 0 Å². The second kappa shape index (κ2) is 13.5. The molecule has 2 fully saturated rings. The Hall–Kier alpha value is 0.642. The number of hydrogen-bond acceptors (Lipinski definition) is 8. The molecule has 2 aliphatic rings. The Morgan fingerprint density at radius 2 is 1.19 bits per heavy atom. The Kier molecular flexibility index (Phi) is 12.2. The van der Waals surface area contributed by atoms with E-state index in [-0.39, 0.29) is 11.9 Å². The van der Waals surface area contributed by atoms with Gasteiger partial charge in [0.15, 0.2) is 0 Å². The van der Waals surface area contributed by atoms with Crippen LogP contribution in [0.2, 0.25) is 0 Å². The van der Waals surface area contributed by atoms with Gasteiger partial charge in [0.25, 0.3) is 0 Å². The number of halogens is 2. The Balaban J connectivity index is 2.21. The van der Waals surface area contributed by atoms with Gasteiger partial charge in [-0.25, -0.2) is 0 Å². The van der Waals surface area contributed by atoms with Gasteiger partial charge in [0, 0.05) is 0 Å². The van der Waals surface area contributed by atoms with Crippen molar-refractivity contribution < 1.29 is 26.5 Å². The molecular weight excluding hydrogens is 720 g/mol. The zero-order valence-corrected chi connectivity index (χ0v) is 24.8. The second-order valence-electron chi connectivity index (χ2n) is 7.48. The standard InChI is InChI=1S/2C10H18N2O2.2HI.Pd/c2*1-3-14-10(13)5-4-6-12-8-7-11(2)9-12;;;/h2*3-8H2,1-2H3;2*1H;/q;;;;+2/p-2. The summed E-state index contributed by atoms with van der Waals surface area (Å²) < 4.78 is 13.0. The number of rotatable bonds is 10. The third-order valence-electron chi connectivity index (χ3n) is 5.06. The molecule has 0 aromatic rings. The topological polar surface area (TPSA) is 65.6 Å². The molecular formula is C20H36I2N4O4Pd. The van der Waals surface area contributed by atoms with Crippen molar-refractivity contribution in [1.29, 1.82) is 0 Å². The first kappa shape index (κ1) is 27.9. The van der Waals surface area contributed by atoms with Crippen LogP contribution in [0.3, 0.4) is 0 Å². The number of ether oxygens (including phenoxy) is 2. The van der Waals surface area contributed by atoms with E-state index in [9.17, 15) is 9.59 Å². The van der Waals surface area contributed by atoms with Gasteiger partial charge in [0.2, 0.25) is 0 Å². The third kappa shape index (κ3) is 7.84. The van der Waals surface area contributed by atoms with E-state index >= 15 is 0 Å². The number of likely N-dealkylation sites (N-methyl/N-ethyl adjacent to an activating group) is 2. The Labute approximate surface area is 209 Å². The summed E-state index contributed by atoms with van der Waals surface area (Å²) in [4.78, 5) is 33.2. The maximum absolute atomic E-state index is 11.7. The molecule has 0 unspecified atom stereocenters. The third-order valence-corrected chi connectivity index (χ3v) is 16.2. The normalized spacial score (nSPS) is 19.9. The molecule has 2 saturated heterocycles. The average molecular weight is 757 g/mol. The maximum atomic E-state index is 11.7. The number of carbonyl (C=O) groups is 2. The predicted octanol–water partition coefficient (Wildman–Crippen LogP) is 2.20. The molecule has 11 heteroatoms. The fraction of sp³-hybridized carbons (Fsp3) is 0.800. The van der Waals surface area contributed by atoms with Crippen molar-refractivity contribution in [3.63, 3.8) is 0 Å². The van der Waals surface area contributed by atoms with Crippen LogP contribution in [-0.2, 0) is 26.5 Å². The van der Waals surface area contributed by atoms with Crippen molar-refractivity contribution in [3.05, 3.63) is 0 Å². The first-order valence-electron chi connectivity index (χ1n) is 10.8. The zero-order chi connectivity index (χ0) is 23.0. The van der Waals surface area contributed by atoms with E-state index in [1.165, 1.54) is 8.46 Å². The Morgan fingerprint density at radius 3 is 1.55 bits per heavy atom. The van der Waals surface area contributed by atoms with Crippen LogP contribution in [0.15, 0.2) is 0 Å². The van der Waals surface area contributed by atoms with Gasteiger partial charge in [0.1, 0.15) is 0 Å². The summed E-state index contributed by atoms with van der Waals surface area (Å²) in [6.45, 7) is 10.4. The van der Waals surface area contributed by atoms with Crippen molar-refractivity contribution in [2.24, 2.45) is 0 Å². The van der Waals surface area contributed by atoms with Crippen LogP contribution in [0, 0.1) is 0 Å². The first-order chi connectivity index (χ1) is 14.7. The molecule has 0 radical (unpaired) electrons. The molecule has 31 heavy (non-hydrogen) atoms. The molecule has 0 saturated carbocycles. The molecule has 0 atom stereocenters. The quantitative estimate of drug-likeness (QED) is 0.191. The summed E-state index contributed by atoms with van der Waals surface area (Å²) in [6, 6.07) is 0. The van der Waals surface area contributed by atoms with Crippen LogP contribution >= 0.6 is 39.0 Å². The molecule has 2 aliphatic heterocycles. The second-order valence-corrected chi connectivity index (χ2v) is 30.5. The minimum absolute atomic E-state index is 0.109. The minimum atomic E-state index is -2.17. The van der Waals surface area contributed by atoms with Gasteiger partial charge in [-0.15, -0.1) is 0 Å². The van der Waals surface area contributed by atoms with Crippen LogP contribution in [0.25, 0.3) is 0 Å². The molecule has 0 aromatic heterocycles. The monoisotopic (exact) mass is 756 g/mol. The van der Waals surface area contributed by atoms with Gasteiger partial charge >= 0.3 is 212 Å². The van der Waals surface area contributed by atoms with E-state index < -0.39 is 7.40 Å². The van der Waals surface area contributed by atoms with Crippen molar-refractivity contribution in [2.45, 2.75) is 39.5 Å². The van der Waals surface area contributed by atoms with Crippen molar-refractivity contribution in [1.82, 2.24) is 19.6 Å². The van der Waals surface area contributed by atoms with E-state index in [0.29, 0.717) is 26.1 Å². The van der Waals surface area contributed by atoms with Gasteiger partial charge in [0.05, 0.1) is 0 Å². The van der Waals surface area contributed by atoms with E-state index in [4.69, 9.17) is 9.47 Å². The molecule has 0 amide bonds. The predicted molar refractivity (Wildman–Crippen MR) is 138 cm³/mol. The molecule has 0 aliphatic carbocycles. The van der Waals surface area contributed by atoms with E-state index in [1.54, 1.807) is 0 Å². The summed E-state index contributed by atoms with van der Waals surface area (Å²) in [6.07, 6.45) is 2.56. The van der Waals surface area contributed by atoms with E-state index in [0.717, 1.165) is 52.1 Å². The zero-order valence-electron chi connectivity index (χ0n) is 19.0. The summed E-state index contributed by atoms with van der Waals surface area (Å²) in [5, 5.41) is 0. The van der Waals surface area contributed by atoms with Crippen molar-refractivity contribution in [3.8, 4) is 0 Å². The molecule has 184 valence electrons. The molecule has 8 nitrogen and oxygen atoms in total. The summed E-state index contributed by atoms with van der Waals surface area (Å²) in [7, 11) is 2.19. The number of carbonyl (C=O) groups excluding carboxylic acids is 2.